The van der Waals surface area contributed by atoms with E-state index in [1.54, 1.807) is 48.3 Å². The normalized spacial score (nSPS) is 20.0. The molecular weight excluding hydrogens is 590 g/mol. The summed E-state index contributed by atoms with van der Waals surface area (Å²) >= 11 is 0. The Morgan fingerprint density at radius 1 is 1.00 bits per heavy atom. The highest BCUT2D eigenvalue weighted by molar-refractivity contribution is 5.97. The van der Waals surface area contributed by atoms with Crippen molar-refractivity contribution < 1.29 is 38.1 Å². The summed E-state index contributed by atoms with van der Waals surface area (Å²) in [6, 6.07) is 17.4. The molecule has 46 heavy (non-hydrogen) atoms. The molecule has 6 rings (SSSR count). The molecule has 3 aromatic rings. The molecule has 3 aromatic carbocycles. The van der Waals surface area contributed by atoms with Crippen LogP contribution in [0, 0.1) is 5.92 Å². The minimum Gasteiger partial charge on any atom is -0.493 e. The van der Waals surface area contributed by atoms with Gasteiger partial charge in [0.05, 0.1) is 31.9 Å². The van der Waals surface area contributed by atoms with Crippen LogP contribution in [0.4, 0.5) is 0 Å². The van der Waals surface area contributed by atoms with Crippen LogP contribution >= 0.6 is 0 Å². The van der Waals surface area contributed by atoms with Crippen LogP contribution in [-0.2, 0) is 16.1 Å². The molecule has 1 N–H and O–H groups in total. The molecule has 3 aliphatic heterocycles. The van der Waals surface area contributed by atoms with Gasteiger partial charge in [0.1, 0.15) is 30.5 Å². The molecule has 0 unspecified atom stereocenters. The predicted molar refractivity (Wildman–Crippen MR) is 169 cm³/mol. The van der Waals surface area contributed by atoms with E-state index >= 15 is 0 Å². The number of nitrogens with one attached hydrogen (secondary N) is 1. The Bertz CT molecular complexity index is 1610. The molecule has 0 spiro atoms. The molecule has 1 fully saturated rings. The van der Waals surface area contributed by atoms with Gasteiger partial charge in [-0.1, -0.05) is 26.0 Å². The number of piperidine rings is 1. The van der Waals surface area contributed by atoms with Crippen molar-refractivity contribution in [2.24, 2.45) is 5.92 Å². The summed E-state index contributed by atoms with van der Waals surface area (Å²) in [7, 11) is 1.58. The summed E-state index contributed by atoms with van der Waals surface area (Å²) in [6.07, 6.45) is -0.0164. The standard InChI is InChI=1S/C35H39N3O8/c1-22(2)20-44-27-14-25-15-28(17-27)46-26-6-4-5-23(13-26)21-45-32-18-38(10-9-29(32)36-33(39)19-37(3)34(25)40)35(41)24-7-8-30-31(16-24)43-12-11-42-30/h4-8,13-17,22,29,32H,9-12,18-21H2,1-3H3,(H,36,39)/t29-,32-/m0/s1. The van der Waals surface area contributed by atoms with Gasteiger partial charge >= 0.3 is 0 Å². The number of carbonyl (C=O) groups excluding carboxylic acids is 3. The third kappa shape index (κ3) is 7.37. The molecule has 4 bridgehead atoms. The molecule has 0 aromatic heterocycles. The third-order valence-electron chi connectivity index (χ3n) is 8.02. The zero-order chi connectivity index (χ0) is 32.2. The van der Waals surface area contributed by atoms with Crippen molar-refractivity contribution in [3.63, 3.8) is 0 Å². The van der Waals surface area contributed by atoms with Gasteiger partial charge in [0.25, 0.3) is 11.8 Å². The molecule has 3 amide bonds. The van der Waals surface area contributed by atoms with Gasteiger partial charge in [-0.25, -0.2) is 0 Å². The first-order valence-corrected chi connectivity index (χ1v) is 15.6. The summed E-state index contributed by atoms with van der Waals surface area (Å²) in [6.45, 7) is 6.23. The maximum Gasteiger partial charge on any atom is 0.254 e. The van der Waals surface area contributed by atoms with E-state index in [1.165, 1.54) is 4.90 Å². The molecule has 0 radical (unpaired) electrons. The van der Waals surface area contributed by atoms with E-state index in [2.05, 4.69) is 5.32 Å². The third-order valence-corrected chi connectivity index (χ3v) is 8.02. The first-order valence-electron chi connectivity index (χ1n) is 15.6. The number of likely N-dealkylation sites (tertiary alicyclic amines) is 1. The average molecular weight is 630 g/mol. The van der Waals surface area contributed by atoms with Crippen LogP contribution in [0.15, 0.2) is 60.7 Å². The zero-order valence-electron chi connectivity index (χ0n) is 26.3. The lowest BCUT2D eigenvalue weighted by Gasteiger charge is -2.39. The van der Waals surface area contributed by atoms with Crippen molar-refractivity contribution in [1.82, 2.24) is 15.1 Å². The van der Waals surface area contributed by atoms with Crippen LogP contribution in [-0.4, -0.2) is 86.2 Å². The summed E-state index contributed by atoms with van der Waals surface area (Å²) in [5.74, 6) is 2.16. The zero-order valence-corrected chi connectivity index (χ0v) is 26.3. The van der Waals surface area contributed by atoms with Crippen molar-refractivity contribution in [1.29, 1.82) is 0 Å². The van der Waals surface area contributed by atoms with E-state index in [1.807, 2.05) is 38.1 Å². The second-order valence-electron chi connectivity index (χ2n) is 12.2. The van der Waals surface area contributed by atoms with Gasteiger partial charge in [0.15, 0.2) is 11.5 Å². The van der Waals surface area contributed by atoms with Crippen molar-refractivity contribution in [2.45, 2.75) is 39.0 Å². The monoisotopic (exact) mass is 629 g/mol. The number of benzene rings is 3. The molecule has 242 valence electrons. The minimum atomic E-state index is -0.495. The first kappa shape index (κ1) is 31.2. The molecule has 0 aliphatic carbocycles. The second kappa shape index (κ2) is 13.7. The Kier molecular flexibility index (Phi) is 9.30. The van der Waals surface area contributed by atoms with Crippen LogP contribution in [0.5, 0.6) is 28.7 Å². The quantitative estimate of drug-likeness (QED) is 0.455. The number of fused-ring (bicyclic) bond motifs is 6. The fraction of sp³-hybridized carbons (Fsp3) is 0.400. The summed E-state index contributed by atoms with van der Waals surface area (Å²) in [5.41, 5.74) is 1.70. The fourth-order valence-corrected chi connectivity index (χ4v) is 5.69. The predicted octanol–water partition coefficient (Wildman–Crippen LogP) is 4.29. The average Bonchev–Trinajstić information content (AvgIpc) is 3.05. The number of carbonyl (C=O) groups is 3. The Morgan fingerprint density at radius 3 is 2.65 bits per heavy atom. The molecule has 11 heteroatoms. The Balaban J connectivity index is 1.24. The number of amides is 3. The summed E-state index contributed by atoms with van der Waals surface area (Å²) in [5, 5.41) is 3.07. The summed E-state index contributed by atoms with van der Waals surface area (Å²) < 4.78 is 29.8. The van der Waals surface area contributed by atoms with Crippen LogP contribution in [0.25, 0.3) is 0 Å². The van der Waals surface area contributed by atoms with Crippen molar-refractivity contribution in [2.75, 3.05) is 46.5 Å². The Hall–Kier alpha value is -4.77. The Labute approximate surface area is 268 Å². The van der Waals surface area contributed by atoms with Gasteiger partial charge in [0.2, 0.25) is 5.91 Å². The number of rotatable bonds is 4. The molecule has 3 aliphatic rings. The van der Waals surface area contributed by atoms with Crippen molar-refractivity contribution in [3.05, 3.63) is 77.4 Å². The molecule has 1 saturated heterocycles. The van der Waals surface area contributed by atoms with Gasteiger partial charge in [-0.3, -0.25) is 14.4 Å². The number of likely N-dealkylation sites (N-methyl/N-ethyl adjacent to an activating group) is 1. The van der Waals surface area contributed by atoms with Crippen molar-refractivity contribution >= 4 is 17.7 Å². The molecule has 11 nitrogen and oxygen atoms in total. The largest absolute Gasteiger partial charge is 0.493 e. The van der Waals surface area contributed by atoms with Crippen molar-refractivity contribution in [3.8, 4) is 28.7 Å². The highest BCUT2D eigenvalue weighted by Gasteiger charge is 2.34. The van der Waals surface area contributed by atoms with Gasteiger partial charge in [-0.2, -0.15) is 0 Å². The van der Waals surface area contributed by atoms with Crippen LogP contribution < -0.4 is 24.3 Å². The highest BCUT2D eigenvalue weighted by atomic mass is 16.6. The number of nitrogens with zero attached hydrogens (tertiary/aromatic N) is 2. The van der Waals surface area contributed by atoms with Crippen LogP contribution in [0.1, 0.15) is 46.5 Å². The molecule has 2 atom stereocenters. The smallest absolute Gasteiger partial charge is 0.254 e. The lowest BCUT2D eigenvalue weighted by Crippen LogP contribution is -2.57. The van der Waals surface area contributed by atoms with E-state index < -0.39 is 6.10 Å². The molecule has 3 heterocycles. The van der Waals surface area contributed by atoms with Gasteiger partial charge in [-0.05, 0) is 60.4 Å². The minimum absolute atomic E-state index is 0.156. The maximum atomic E-state index is 13.6. The van der Waals surface area contributed by atoms with Crippen LogP contribution in [0.3, 0.4) is 0 Å². The van der Waals surface area contributed by atoms with E-state index in [0.29, 0.717) is 78.6 Å². The maximum absolute atomic E-state index is 13.6. The van der Waals surface area contributed by atoms with Crippen LogP contribution in [0.2, 0.25) is 0 Å². The lowest BCUT2D eigenvalue weighted by molar-refractivity contribution is -0.124. The van der Waals surface area contributed by atoms with Gasteiger partial charge in [0, 0.05) is 37.3 Å². The number of hydrogen-bond acceptors (Lipinski definition) is 8. The highest BCUT2D eigenvalue weighted by Crippen LogP contribution is 2.32. The molecule has 0 saturated carbocycles. The number of ether oxygens (including phenoxy) is 5. The van der Waals surface area contributed by atoms with E-state index in [0.717, 1.165) is 5.56 Å². The van der Waals surface area contributed by atoms with Gasteiger partial charge in [-0.15, -0.1) is 0 Å². The molecular formula is C35H39N3O8. The Morgan fingerprint density at radius 2 is 1.83 bits per heavy atom. The summed E-state index contributed by atoms with van der Waals surface area (Å²) in [4.78, 5) is 43.4. The van der Waals surface area contributed by atoms with E-state index in [9.17, 15) is 14.4 Å². The SMILES string of the molecule is CC(C)COc1cc2cc(c1)C(=O)N(C)CC(=O)N[C@H]1CCN(C(=O)c3ccc4c(c3)OCCO4)C[C@@H]1OCc1cccc(c1)O2. The lowest BCUT2D eigenvalue weighted by atomic mass is 10.00. The fourth-order valence-electron chi connectivity index (χ4n) is 5.69. The second-order valence-corrected chi connectivity index (χ2v) is 12.2. The number of hydrogen-bond donors (Lipinski definition) is 1. The topological polar surface area (TPSA) is 116 Å². The van der Waals surface area contributed by atoms with E-state index in [-0.39, 0.29) is 43.5 Å². The van der Waals surface area contributed by atoms with E-state index in [4.69, 9.17) is 23.7 Å². The van der Waals surface area contributed by atoms with Gasteiger partial charge < -0.3 is 38.8 Å². The first-order chi connectivity index (χ1) is 22.2.